The highest BCUT2D eigenvalue weighted by Gasteiger charge is 2.47. The van der Waals surface area contributed by atoms with Gasteiger partial charge >= 0.3 is 0 Å². The number of piperidine rings is 1. The molecule has 5 nitrogen and oxygen atoms in total. The minimum Gasteiger partial charge on any atom is -0.371 e. The molecule has 6 heteroatoms. The van der Waals surface area contributed by atoms with Crippen molar-refractivity contribution in [2.75, 3.05) is 36.9 Å². The fraction of sp³-hybridized carbons (Fsp3) is 0.481. The lowest BCUT2D eigenvalue weighted by atomic mass is 9.81. The van der Waals surface area contributed by atoms with E-state index in [2.05, 4.69) is 51.0 Å². The Balaban J connectivity index is 1.25. The molecule has 2 aliphatic carbocycles. The van der Waals surface area contributed by atoms with Crippen molar-refractivity contribution < 1.29 is 9.59 Å². The van der Waals surface area contributed by atoms with Crippen LogP contribution >= 0.6 is 22.6 Å². The molecule has 2 heterocycles. The SMILES string of the molecule is CN1CC2(CCc3ccc(NC(=O)c4ccc(I)cc4N4CCC5(CC4)CC5)cc32)CC1=O. The van der Waals surface area contributed by atoms with E-state index < -0.39 is 0 Å². The van der Waals surface area contributed by atoms with Crippen LogP contribution in [0.2, 0.25) is 0 Å². The average molecular weight is 555 g/mol. The number of halogens is 1. The number of fused-ring (bicyclic) bond motifs is 2. The third-order valence-corrected chi connectivity index (χ3v) is 9.26. The summed E-state index contributed by atoms with van der Waals surface area (Å²) < 4.78 is 1.15. The molecule has 2 aromatic carbocycles. The van der Waals surface area contributed by atoms with Gasteiger partial charge in [-0.05, 0) is 108 Å². The number of rotatable bonds is 3. The molecule has 0 aromatic heterocycles. The smallest absolute Gasteiger partial charge is 0.257 e. The Kier molecular flexibility index (Phi) is 5.02. The van der Waals surface area contributed by atoms with Crippen LogP contribution in [0.5, 0.6) is 0 Å². The maximum Gasteiger partial charge on any atom is 0.257 e. The van der Waals surface area contributed by atoms with Gasteiger partial charge in [0.25, 0.3) is 5.91 Å². The fourth-order valence-electron chi connectivity index (χ4n) is 6.30. The number of nitrogens with zero attached hydrogens (tertiary/aromatic N) is 2. The number of likely N-dealkylation sites (N-methyl/N-ethyl adjacent to an activating group) is 1. The highest BCUT2D eigenvalue weighted by Crippen LogP contribution is 2.54. The Morgan fingerprint density at radius 3 is 2.52 bits per heavy atom. The summed E-state index contributed by atoms with van der Waals surface area (Å²) in [5.41, 5.74) is 5.69. The number of hydrogen-bond acceptors (Lipinski definition) is 3. The second-order valence-corrected chi connectivity index (χ2v) is 11.9. The third kappa shape index (κ3) is 3.74. The molecule has 2 spiro atoms. The van der Waals surface area contributed by atoms with Gasteiger partial charge in [0.15, 0.2) is 0 Å². The van der Waals surface area contributed by atoms with Gasteiger partial charge in [-0.3, -0.25) is 9.59 Å². The lowest BCUT2D eigenvalue weighted by Crippen LogP contribution is -2.35. The lowest BCUT2D eigenvalue weighted by molar-refractivity contribution is -0.126. The third-order valence-electron chi connectivity index (χ3n) is 8.59. The Bertz CT molecular complexity index is 1150. The molecule has 2 saturated heterocycles. The second kappa shape index (κ2) is 7.72. The number of nitrogens with one attached hydrogen (secondary N) is 1. The van der Waals surface area contributed by atoms with E-state index in [1.165, 1.54) is 36.8 Å². The molecule has 1 saturated carbocycles. The van der Waals surface area contributed by atoms with Crippen molar-refractivity contribution in [2.24, 2.45) is 5.41 Å². The van der Waals surface area contributed by atoms with E-state index in [1.54, 1.807) is 0 Å². The normalized spacial score (nSPS) is 25.1. The summed E-state index contributed by atoms with van der Waals surface area (Å²) in [6.45, 7) is 2.83. The summed E-state index contributed by atoms with van der Waals surface area (Å²) in [7, 11) is 1.89. The van der Waals surface area contributed by atoms with E-state index in [4.69, 9.17) is 0 Å². The second-order valence-electron chi connectivity index (χ2n) is 10.7. The first kappa shape index (κ1) is 21.4. The highest BCUT2D eigenvalue weighted by atomic mass is 127. The number of likely N-dealkylation sites (tertiary alicyclic amines) is 1. The highest BCUT2D eigenvalue weighted by molar-refractivity contribution is 14.1. The molecule has 3 fully saturated rings. The number of benzene rings is 2. The van der Waals surface area contributed by atoms with Gasteiger partial charge < -0.3 is 15.1 Å². The van der Waals surface area contributed by atoms with E-state index in [0.717, 1.165) is 53.0 Å². The number of hydrogen-bond donors (Lipinski definition) is 1. The van der Waals surface area contributed by atoms with Gasteiger partial charge in [-0.2, -0.15) is 0 Å². The monoisotopic (exact) mass is 555 g/mol. The summed E-state index contributed by atoms with van der Waals surface area (Å²) in [6.07, 6.45) is 7.81. The van der Waals surface area contributed by atoms with Gasteiger partial charge in [-0.25, -0.2) is 0 Å². The first-order valence-corrected chi connectivity index (χ1v) is 13.2. The van der Waals surface area contributed by atoms with Gasteiger partial charge in [0.1, 0.15) is 0 Å². The fourth-order valence-corrected chi connectivity index (χ4v) is 6.78. The average Bonchev–Trinajstić information content (AvgIpc) is 3.37. The molecule has 0 bridgehead atoms. The maximum absolute atomic E-state index is 13.4. The van der Waals surface area contributed by atoms with Crippen LogP contribution in [-0.2, 0) is 16.6 Å². The molecule has 6 rings (SSSR count). The number of anilines is 2. The molecule has 1 N–H and O–H groups in total. The number of carbonyl (C=O) groups excluding carboxylic acids is 2. The van der Waals surface area contributed by atoms with Crippen molar-refractivity contribution in [2.45, 2.75) is 50.4 Å². The Labute approximate surface area is 209 Å². The molecule has 33 heavy (non-hydrogen) atoms. The topological polar surface area (TPSA) is 52.7 Å². The maximum atomic E-state index is 13.4. The molecule has 172 valence electrons. The summed E-state index contributed by atoms with van der Waals surface area (Å²) >= 11 is 2.34. The molecule has 1 atom stereocenters. The van der Waals surface area contributed by atoms with E-state index in [0.29, 0.717) is 11.8 Å². The van der Waals surface area contributed by atoms with Crippen molar-refractivity contribution >= 4 is 45.8 Å². The van der Waals surface area contributed by atoms with Crippen LogP contribution in [0.25, 0.3) is 0 Å². The molecule has 2 amide bonds. The summed E-state index contributed by atoms with van der Waals surface area (Å²) in [5.74, 6) is 0.162. The van der Waals surface area contributed by atoms with Crippen LogP contribution in [0.1, 0.15) is 60.0 Å². The summed E-state index contributed by atoms with van der Waals surface area (Å²) in [4.78, 5) is 30.0. The van der Waals surface area contributed by atoms with Gasteiger partial charge in [0.05, 0.1) is 11.3 Å². The Hall–Kier alpha value is -2.09. The van der Waals surface area contributed by atoms with Gasteiger partial charge in [0, 0.05) is 47.8 Å². The molecular weight excluding hydrogens is 525 g/mol. The summed E-state index contributed by atoms with van der Waals surface area (Å²) in [5, 5.41) is 3.18. The molecule has 1 unspecified atom stereocenters. The lowest BCUT2D eigenvalue weighted by Gasteiger charge is -2.35. The van der Waals surface area contributed by atoms with Crippen LogP contribution in [0.15, 0.2) is 36.4 Å². The molecule has 0 radical (unpaired) electrons. The number of amides is 2. The zero-order chi connectivity index (χ0) is 22.8. The minimum absolute atomic E-state index is 0.0558. The van der Waals surface area contributed by atoms with Crippen LogP contribution in [0, 0.1) is 8.99 Å². The first-order chi connectivity index (χ1) is 15.9. The predicted molar refractivity (Wildman–Crippen MR) is 139 cm³/mol. The largest absolute Gasteiger partial charge is 0.371 e. The Morgan fingerprint density at radius 1 is 1.03 bits per heavy atom. The number of aryl methyl sites for hydroxylation is 1. The van der Waals surface area contributed by atoms with Crippen molar-refractivity contribution in [3.8, 4) is 0 Å². The van der Waals surface area contributed by atoms with E-state index >= 15 is 0 Å². The quantitative estimate of drug-likeness (QED) is 0.545. The number of carbonyl (C=O) groups is 2. The van der Waals surface area contributed by atoms with E-state index in [1.807, 2.05) is 30.1 Å². The van der Waals surface area contributed by atoms with E-state index in [9.17, 15) is 9.59 Å². The van der Waals surface area contributed by atoms with Gasteiger partial charge in [-0.15, -0.1) is 0 Å². The minimum atomic E-state index is -0.0947. The van der Waals surface area contributed by atoms with Crippen LogP contribution in [-0.4, -0.2) is 43.4 Å². The van der Waals surface area contributed by atoms with Gasteiger partial charge in [0.2, 0.25) is 5.91 Å². The standard InChI is InChI=1S/C27H30IN3O2/c1-30-17-27(16-24(30)32)7-6-18-2-4-20(15-22(18)27)29-25(33)21-5-3-19(28)14-23(21)31-12-10-26(8-9-26)11-13-31/h2-5,14-15H,6-13,16-17H2,1H3,(H,29,33). The molecule has 2 aromatic rings. The summed E-state index contributed by atoms with van der Waals surface area (Å²) in [6, 6.07) is 12.4. The van der Waals surface area contributed by atoms with Gasteiger partial charge in [-0.1, -0.05) is 6.07 Å². The van der Waals surface area contributed by atoms with Crippen molar-refractivity contribution in [1.82, 2.24) is 4.90 Å². The molecular formula is C27H30IN3O2. The molecule has 4 aliphatic rings. The van der Waals surface area contributed by atoms with Crippen molar-refractivity contribution in [1.29, 1.82) is 0 Å². The van der Waals surface area contributed by atoms with Crippen LogP contribution < -0.4 is 10.2 Å². The van der Waals surface area contributed by atoms with Crippen molar-refractivity contribution in [3.05, 3.63) is 56.7 Å². The first-order valence-electron chi connectivity index (χ1n) is 12.1. The van der Waals surface area contributed by atoms with E-state index in [-0.39, 0.29) is 17.2 Å². The van der Waals surface area contributed by atoms with Crippen LogP contribution in [0.4, 0.5) is 11.4 Å². The van der Waals surface area contributed by atoms with Crippen LogP contribution in [0.3, 0.4) is 0 Å². The zero-order valence-electron chi connectivity index (χ0n) is 19.1. The zero-order valence-corrected chi connectivity index (χ0v) is 21.3. The molecule has 2 aliphatic heterocycles. The Morgan fingerprint density at radius 2 is 1.82 bits per heavy atom. The van der Waals surface area contributed by atoms with Crippen molar-refractivity contribution in [3.63, 3.8) is 0 Å². The predicted octanol–water partition coefficient (Wildman–Crippen LogP) is 4.97.